The first-order valence-corrected chi connectivity index (χ1v) is 7.77. The summed E-state index contributed by atoms with van der Waals surface area (Å²) in [7, 11) is 1.89. The molecule has 3 heteroatoms. The maximum atomic E-state index is 14.3. The summed E-state index contributed by atoms with van der Waals surface area (Å²) in [6.45, 7) is 7.53. The molecule has 0 aromatic heterocycles. The maximum absolute atomic E-state index is 14.3. The van der Waals surface area contributed by atoms with Gasteiger partial charge in [0.1, 0.15) is 5.82 Å². The summed E-state index contributed by atoms with van der Waals surface area (Å²) in [5.41, 5.74) is 1.89. The van der Waals surface area contributed by atoms with Gasteiger partial charge in [-0.05, 0) is 51.3 Å². The normalized spacial score (nSPS) is 16.5. The number of rotatable bonds is 7. The largest absolute Gasteiger partial charge is 0.368 e. The average molecular weight is 278 g/mol. The van der Waals surface area contributed by atoms with Gasteiger partial charge in [-0.1, -0.05) is 19.9 Å². The standard InChI is InChI=1S/C17H27FN2/c1-12(2)10-11-20(14-8-9-14)16-7-5-6-15(18)17(16)13(3)19-4/h5-7,12-14,19H,8-11H2,1-4H3. The highest BCUT2D eigenvalue weighted by atomic mass is 19.1. The minimum absolute atomic E-state index is 0.0338. The summed E-state index contributed by atoms with van der Waals surface area (Å²) < 4.78 is 14.3. The van der Waals surface area contributed by atoms with Gasteiger partial charge in [0.05, 0.1) is 0 Å². The van der Waals surface area contributed by atoms with E-state index in [-0.39, 0.29) is 11.9 Å². The highest BCUT2D eigenvalue weighted by molar-refractivity contribution is 5.57. The zero-order chi connectivity index (χ0) is 14.7. The van der Waals surface area contributed by atoms with Crippen LogP contribution in [0.3, 0.4) is 0 Å². The van der Waals surface area contributed by atoms with Crippen molar-refractivity contribution in [1.82, 2.24) is 5.32 Å². The van der Waals surface area contributed by atoms with Crippen molar-refractivity contribution in [3.05, 3.63) is 29.6 Å². The van der Waals surface area contributed by atoms with Gasteiger partial charge in [0.2, 0.25) is 0 Å². The molecule has 1 aromatic carbocycles. The Kier molecular flexibility index (Phi) is 5.03. The van der Waals surface area contributed by atoms with E-state index in [0.29, 0.717) is 12.0 Å². The molecule has 0 radical (unpaired) electrons. The molecule has 0 amide bonds. The van der Waals surface area contributed by atoms with Crippen LogP contribution in [0.1, 0.15) is 51.6 Å². The molecule has 0 saturated heterocycles. The Morgan fingerprint density at radius 1 is 1.30 bits per heavy atom. The Balaban J connectivity index is 2.30. The first-order valence-electron chi connectivity index (χ1n) is 7.77. The van der Waals surface area contributed by atoms with E-state index >= 15 is 0 Å². The molecule has 1 aliphatic carbocycles. The molecule has 1 fully saturated rings. The summed E-state index contributed by atoms with van der Waals surface area (Å²) in [6.07, 6.45) is 3.63. The predicted octanol–water partition coefficient (Wildman–Crippen LogP) is 4.12. The first kappa shape index (κ1) is 15.3. The van der Waals surface area contributed by atoms with Crippen molar-refractivity contribution in [2.75, 3.05) is 18.5 Å². The van der Waals surface area contributed by atoms with Gasteiger partial charge in [0, 0.05) is 29.9 Å². The van der Waals surface area contributed by atoms with Crippen LogP contribution in [0.4, 0.5) is 10.1 Å². The minimum atomic E-state index is -0.0976. The van der Waals surface area contributed by atoms with E-state index < -0.39 is 0 Å². The van der Waals surface area contributed by atoms with Crippen molar-refractivity contribution < 1.29 is 4.39 Å². The van der Waals surface area contributed by atoms with E-state index in [2.05, 4.69) is 30.1 Å². The van der Waals surface area contributed by atoms with Gasteiger partial charge < -0.3 is 10.2 Å². The molecule has 0 aliphatic heterocycles. The Morgan fingerprint density at radius 3 is 2.55 bits per heavy atom. The second-order valence-corrected chi connectivity index (χ2v) is 6.29. The highest BCUT2D eigenvalue weighted by Gasteiger charge is 2.31. The van der Waals surface area contributed by atoms with Gasteiger partial charge in [0.25, 0.3) is 0 Å². The summed E-state index contributed by atoms with van der Waals surface area (Å²) >= 11 is 0. The third-order valence-corrected chi connectivity index (χ3v) is 4.14. The highest BCUT2D eigenvalue weighted by Crippen LogP contribution is 2.37. The van der Waals surface area contributed by atoms with Crippen molar-refractivity contribution in [2.45, 2.75) is 52.1 Å². The molecule has 1 saturated carbocycles. The molecule has 2 rings (SSSR count). The third-order valence-electron chi connectivity index (χ3n) is 4.14. The molecule has 20 heavy (non-hydrogen) atoms. The fraction of sp³-hybridized carbons (Fsp3) is 0.647. The first-order chi connectivity index (χ1) is 9.54. The van der Waals surface area contributed by atoms with Crippen LogP contribution in [-0.2, 0) is 0 Å². The minimum Gasteiger partial charge on any atom is -0.368 e. The van der Waals surface area contributed by atoms with Crippen LogP contribution in [0.2, 0.25) is 0 Å². The Bertz CT molecular complexity index is 441. The van der Waals surface area contributed by atoms with Crippen LogP contribution in [0, 0.1) is 11.7 Å². The van der Waals surface area contributed by atoms with Gasteiger partial charge in [0.15, 0.2) is 0 Å². The molecule has 1 aliphatic rings. The van der Waals surface area contributed by atoms with Crippen LogP contribution in [0.5, 0.6) is 0 Å². The van der Waals surface area contributed by atoms with Gasteiger partial charge in [-0.15, -0.1) is 0 Å². The fourth-order valence-corrected chi connectivity index (χ4v) is 2.63. The molecule has 0 bridgehead atoms. The predicted molar refractivity (Wildman–Crippen MR) is 83.7 cm³/mol. The van der Waals surface area contributed by atoms with Crippen LogP contribution >= 0.6 is 0 Å². The zero-order valence-electron chi connectivity index (χ0n) is 13.1. The smallest absolute Gasteiger partial charge is 0.130 e. The van der Waals surface area contributed by atoms with Crippen LogP contribution in [0.25, 0.3) is 0 Å². The van der Waals surface area contributed by atoms with Gasteiger partial charge in [-0.3, -0.25) is 0 Å². The number of hydrogen-bond acceptors (Lipinski definition) is 2. The molecule has 0 heterocycles. The summed E-state index contributed by atoms with van der Waals surface area (Å²) in [5, 5.41) is 3.17. The fourth-order valence-electron chi connectivity index (χ4n) is 2.63. The second kappa shape index (κ2) is 6.57. The molecule has 2 nitrogen and oxygen atoms in total. The topological polar surface area (TPSA) is 15.3 Å². The lowest BCUT2D eigenvalue weighted by atomic mass is 10.0. The lowest BCUT2D eigenvalue weighted by molar-refractivity contribution is 0.547. The van der Waals surface area contributed by atoms with E-state index in [1.807, 2.05) is 20.0 Å². The van der Waals surface area contributed by atoms with E-state index in [9.17, 15) is 4.39 Å². The third kappa shape index (κ3) is 3.51. The van der Waals surface area contributed by atoms with E-state index in [1.54, 1.807) is 6.07 Å². The number of halogens is 1. The van der Waals surface area contributed by atoms with Gasteiger partial charge >= 0.3 is 0 Å². The molecule has 1 unspecified atom stereocenters. The molecular weight excluding hydrogens is 251 g/mol. The second-order valence-electron chi connectivity index (χ2n) is 6.29. The molecule has 112 valence electrons. The van der Waals surface area contributed by atoms with E-state index in [0.717, 1.165) is 24.2 Å². The lowest BCUT2D eigenvalue weighted by Gasteiger charge is -2.30. The SMILES string of the molecule is CNC(C)c1c(F)cccc1N(CCC(C)C)C1CC1. The van der Waals surface area contributed by atoms with Crippen molar-refractivity contribution in [1.29, 1.82) is 0 Å². The number of hydrogen-bond donors (Lipinski definition) is 1. The maximum Gasteiger partial charge on any atom is 0.130 e. The van der Waals surface area contributed by atoms with Gasteiger partial charge in [-0.2, -0.15) is 0 Å². The average Bonchev–Trinajstić information content (AvgIpc) is 3.22. The monoisotopic (exact) mass is 278 g/mol. The molecule has 1 aromatic rings. The summed E-state index contributed by atoms with van der Waals surface area (Å²) in [4.78, 5) is 2.42. The van der Waals surface area contributed by atoms with Crippen LogP contribution in [-0.4, -0.2) is 19.6 Å². The van der Waals surface area contributed by atoms with E-state index in [1.165, 1.54) is 12.8 Å². The number of nitrogens with zero attached hydrogens (tertiary/aromatic N) is 1. The zero-order valence-corrected chi connectivity index (χ0v) is 13.1. The molecule has 1 N–H and O–H groups in total. The van der Waals surface area contributed by atoms with Crippen molar-refractivity contribution in [2.24, 2.45) is 5.92 Å². The Hall–Kier alpha value is -1.09. The Labute approximate surface area is 122 Å². The van der Waals surface area contributed by atoms with Gasteiger partial charge in [-0.25, -0.2) is 4.39 Å². The number of nitrogens with one attached hydrogen (secondary N) is 1. The quantitative estimate of drug-likeness (QED) is 0.807. The lowest BCUT2D eigenvalue weighted by Crippen LogP contribution is -2.30. The van der Waals surface area contributed by atoms with E-state index in [4.69, 9.17) is 0 Å². The van der Waals surface area contributed by atoms with Crippen LogP contribution in [0.15, 0.2) is 18.2 Å². The van der Waals surface area contributed by atoms with Crippen molar-refractivity contribution >= 4 is 5.69 Å². The number of anilines is 1. The van der Waals surface area contributed by atoms with Crippen LogP contribution < -0.4 is 10.2 Å². The Morgan fingerprint density at radius 2 is 2.00 bits per heavy atom. The molecule has 1 atom stereocenters. The van der Waals surface area contributed by atoms with Crippen molar-refractivity contribution in [3.8, 4) is 0 Å². The molecular formula is C17H27FN2. The molecule has 0 spiro atoms. The number of benzene rings is 1. The van der Waals surface area contributed by atoms with Crippen molar-refractivity contribution in [3.63, 3.8) is 0 Å². The summed E-state index contributed by atoms with van der Waals surface area (Å²) in [6, 6.07) is 6.12. The summed E-state index contributed by atoms with van der Waals surface area (Å²) in [5.74, 6) is 0.578.